The maximum atomic E-state index is 10.9. The van der Waals surface area contributed by atoms with Gasteiger partial charge in [-0.15, -0.1) is 11.3 Å². The Bertz CT molecular complexity index is 853. The van der Waals surface area contributed by atoms with Gasteiger partial charge in [-0.2, -0.15) is 0 Å². The molecule has 0 radical (unpaired) electrons. The number of non-ortho nitro benzene ring substituents is 1. The smallest absolute Gasteiger partial charge is 0.271 e. The van der Waals surface area contributed by atoms with Crippen LogP contribution in [0, 0.1) is 15.5 Å². The van der Waals surface area contributed by atoms with Crippen LogP contribution in [0.3, 0.4) is 0 Å². The summed E-state index contributed by atoms with van der Waals surface area (Å²) in [5, 5.41) is 20.9. The predicted octanol–water partition coefficient (Wildman–Crippen LogP) is 3.59. The minimum atomic E-state index is -0.428. The number of nitrogens with zero attached hydrogens (tertiary/aromatic N) is 2. The molecule has 0 aliphatic heterocycles. The number of aromatic nitrogens is 1. The topological polar surface area (TPSA) is 71.9 Å². The standard InChI is InChI=1S/C15H11N3O2S/c16-15-17(12-7-4-8-13(9-12)18(19)20)14(10-21-15)11-5-2-1-3-6-11/h1-10,16H. The Kier molecular flexibility index (Phi) is 3.37. The number of nitrogens with one attached hydrogen (secondary N) is 1. The van der Waals surface area contributed by atoms with Crippen LogP contribution in [0.15, 0.2) is 60.0 Å². The second-order valence-electron chi connectivity index (χ2n) is 4.40. The first-order valence-corrected chi connectivity index (χ1v) is 7.10. The number of rotatable bonds is 3. The Morgan fingerprint density at radius 2 is 1.86 bits per heavy atom. The normalized spacial score (nSPS) is 10.5. The Hall–Kier alpha value is -2.73. The van der Waals surface area contributed by atoms with E-state index >= 15 is 0 Å². The van der Waals surface area contributed by atoms with E-state index in [9.17, 15) is 10.1 Å². The van der Waals surface area contributed by atoms with Crippen molar-refractivity contribution in [3.8, 4) is 16.9 Å². The van der Waals surface area contributed by atoms with Gasteiger partial charge in [0.15, 0.2) is 4.80 Å². The first-order chi connectivity index (χ1) is 10.2. The van der Waals surface area contributed by atoms with Crippen LogP contribution in [0.2, 0.25) is 0 Å². The molecule has 0 atom stereocenters. The molecule has 5 nitrogen and oxygen atoms in total. The summed E-state index contributed by atoms with van der Waals surface area (Å²) in [7, 11) is 0. The summed E-state index contributed by atoms with van der Waals surface area (Å²) in [4.78, 5) is 10.8. The van der Waals surface area contributed by atoms with Crippen LogP contribution >= 0.6 is 11.3 Å². The zero-order valence-electron chi connectivity index (χ0n) is 10.9. The van der Waals surface area contributed by atoms with E-state index in [0.717, 1.165) is 11.3 Å². The fraction of sp³-hybridized carbons (Fsp3) is 0. The third kappa shape index (κ3) is 2.48. The van der Waals surface area contributed by atoms with Gasteiger partial charge >= 0.3 is 0 Å². The molecule has 0 fully saturated rings. The summed E-state index contributed by atoms with van der Waals surface area (Å²) in [5.74, 6) is 0. The summed E-state index contributed by atoms with van der Waals surface area (Å²) in [6.07, 6.45) is 0. The van der Waals surface area contributed by atoms with Crippen molar-refractivity contribution in [2.75, 3.05) is 0 Å². The lowest BCUT2D eigenvalue weighted by Crippen LogP contribution is -2.12. The highest BCUT2D eigenvalue weighted by atomic mass is 32.1. The highest BCUT2D eigenvalue weighted by Gasteiger charge is 2.12. The Morgan fingerprint density at radius 3 is 2.57 bits per heavy atom. The zero-order chi connectivity index (χ0) is 14.8. The number of hydrogen-bond acceptors (Lipinski definition) is 4. The number of nitro groups is 1. The summed E-state index contributed by atoms with van der Waals surface area (Å²) >= 11 is 1.29. The van der Waals surface area contributed by atoms with E-state index in [2.05, 4.69) is 0 Å². The molecule has 0 saturated heterocycles. The van der Waals surface area contributed by atoms with Crippen molar-refractivity contribution in [3.05, 3.63) is 74.9 Å². The molecular formula is C15H11N3O2S. The molecule has 3 aromatic rings. The van der Waals surface area contributed by atoms with Crippen molar-refractivity contribution in [1.29, 1.82) is 5.41 Å². The summed E-state index contributed by atoms with van der Waals surface area (Å²) in [5.41, 5.74) is 2.46. The monoisotopic (exact) mass is 297 g/mol. The molecule has 1 aromatic heterocycles. The molecule has 1 heterocycles. The van der Waals surface area contributed by atoms with Gasteiger partial charge in [0.05, 0.1) is 16.3 Å². The molecular weight excluding hydrogens is 286 g/mol. The van der Waals surface area contributed by atoms with E-state index in [1.54, 1.807) is 16.7 Å². The lowest BCUT2D eigenvalue weighted by Gasteiger charge is -2.08. The van der Waals surface area contributed by atoms with Gasteiger partial charge in [-0.1, -0.05) is 36.4 Å². The van der Waals surface area contributed by atoms with E-state index in [0.29, 0.717) is 10.5 Å². The molecule has 0 unspecified atom stereocenters. The predicted molar refractivity (Wildman–Crippen MR) is 81.6 cm³/mol. The molecule has 0 amide bonds. The van der Waals surface area contributed by atoms with Gasteiger partial charge in [-0.3, -0.25) is 20.1 Å². The van der Waals surface area contributed by atoms with Crippen molar-refractivity contribution in [2.24, 2.45) is 0 Å². The third-order valence-corrected chi connectivity index (χ3v) is 3.84. The molecule has 0 spiro atoms. The highest BCUT2D eigenvalue weighted by Crippen LogP contribution is 2.24. The van der Waals surface area contributed by atoms with Crippen molar-refractivity contribution in [1.82, 2.24) is 4.57 Å². The van der Waals surface area contributed by atoms with Crippen LogP contribution in [0.1, 0.15) is 0 Å². The molecule has 21 heavy (non-hydrogen) atoms. The first kappa shape index (κ1) is 13.3. The van der Waals surface area contributed by atoms with Crippen LogP contribution in [0.25, 0.3) is 16.9 Å². The molecule has 104 valence electrons. The fourth-order valence-corrected chi connectivity index (χ4v) is 2.91. The highest BCUT2D eigenvalue weighted by molar-refractivity contribution is 7.07. The molecule has 0 bridgehead atoms. The third-order valence-electron chi connectivity index (χ3n) is 3.09. The average molecular weight is 297 g/mol. The molecule has 0 saturated carbocycles. The number of hydrogen-bond donors (Lipinski definition) is 1. The van der Waals surface area contributed by atoms with Crippen molar-refractivity contribution >= 4 is 17.0 Å². The van der Waals surface area contributed by atoms with Gasteiger partial charge in [0.2, 0.25) is 0 Å². The van der Waals surface area contributed by atoms with E-state index in [4.69, 9.17) is 5.41 Å². The maximum Gasteiger partial charge on any atom is 0.271 e. The van der Waals surface area contributed by atoms with Gasteiger partial charge in [0, 0.05) is 17.5 Å². The second-order valence-corrected chi connectivity index (χ2v) is 5.26. The van der Waals surface area contributed by atoms with Crippen LogP contribution in [0.4, 0.5) is 5.69 Å². The van der Waals surface area contributed by atoms with Gasteiger partial charge in [0.1, 0.15) is 0 Å². The van der Waals surface area contributed by atoms with Crippen LogP contribution in [-0.2, 0) is 0 Å². The minimum Gasteiger partial charge on any atom is -0.285 e. The van der Waals surface area contributed by atoms with Crippen LogP contribution in [-0.4, -0.2) is 9.49 Å². The van der Waals surface area contributed by atoms with Gasteiger partial charge in [-0.05, 0) is 11.6 Å². The molecule has 3 rings (SSSR count). The van der Waals surface area contributed by atoms with Gasteiger partial charge in [0.25, 0.3) is 5.69 Å². The first-order valence-electron chi connectivity index (χ1n) is 6.22. The molecule has 1 N–H and O–H groups in total. The molecule has 6 heteroatoms. The van der Waals surface area contributed by atoms with Crippen LogP contribution in [0.5, 0.6) is 0 Å². The Labute approximate surface area is 124 Å². The number of benzene rings is 2. The quantitative estimate of drug-likeness (QED) is 0.592. The van der Waals surface area contributed by atoms with Gasteiger partial charge < -0.3 is 0 Å². The number of thiazole rings is 1. The number of nitro benzene ring substituents is 1. The molecule has 0 aliphatic rings. The van der Waals surface area contributed by atoms with E-state index in [-0.39, 0.29) is 5.69 Å². The molecule has 2 aromatic carbocycles. The zero-order valence-corrected chi connectivity index (χ0v) is 11.7. The van der Waals surface area contributed by atoms with Gasteiger partial charge in [-0.25, -0.2) is 0 Å². The maximum absolute atomic E-state index is 10.9. The van der Waals surface area contributed by atoms with Crippen molar-refractivity contribution in [2.45, 2.75) is 0 Å². The minimum absolute atomic E-state index is 0.0182. The van der Waals surface area contributed by atoms with E-state index in [1.165, 1.54) is 23.5 Å². The Balaban J connectivity index is 2.20. The lowest BCUT2D eigenvalue weighted by molar-refractivity contribution is -0.384. The summed E-state index contributed by atoms with van der Waals surface area (Å²) < 4.78 is 1.72. The average Bonchev–Trinajstić information content (AvgIpc) is 2.90. The summed E-state index contributed by atoms with van der Waals surface area (Å²) in [6.45, 7) is 0. The summed E-state index contributed by atoms with van der Waals surface area (Å²) in [6, 6.07) is 16.0. The van der Waals surface area contributed by atoms with Crippen molar-refractivity contribution < 1.29 is 4.92 Å². The fourth-order valence-electron chi connectivity index (χ4n) is 2.13. The van der Waals surface area contributed by atoms with E-state index < -0.39 is 4.92 Å². The van der Waals surface area contributed by atoms with E-state index in [1.807, 2.05) is 35.7 Å². The molecule has 0 aliphatic carbocycles. The largest absolute Gasteiger partial charge is 0.285 e. The Morgan fingerprint density at radius 1 is 1.10 bits per heavy atom. The second kappa shape index (κ2) is 5.34. The van der Waals surface area contributed by atoms with Crippen LogP contribution < -0.4 is 4.80 Å². The lowest BCUT2D eigenvalue weighted by atomic mass is 10.1. The van der Waals surface area contributed by atoms with Crippen molar-refractivity contribution in [3.63, 3.8) is 0 Å². The SMILES string of the molecule is N=c1scc(-c2ccccc2)n1-c1cccc([N+](=O)[O-])c1.